The van der Waals surface area contributed by atoms with Crippen LogP contribution in [0.25, 0.3) is 0 Å². The second-order valence-electron chi connectivity index (χ2n) is 4.42. The molecule has 0 amide bonds. The summed E-state index contributed by atoms with van der Waals surface area (Å²) in [5.74, 6) is 3.45. The first-order valence-electron chi connectivity index (χ1n) is 6.18. The van der Waals surface area contributed by atoms with Crippen LogP contribution in [0.5, 0.6) is 0 Å². The van der Waals surface area contributed by atoms with Crippen molar-refractivity contribution in [1.82, 2.24) is 4.90 Å². The van der Waals surface area contributed by atoms with Gasteiger partial charge in [0.05, 0.1) is 6.10 Å². The van der Waals surface area contributed by atoms with Gasteiger partial charge >= 0.3 is 0 Å². The number of guanidine groups is 1. The van der Waals surface area contributed by atoms with Crippen molar-refractivity contribution in [2.24, 2.45) is 16.6 Å². The molecule has 2 aliphatic heterocycles. The summed E-state index contributed by atoms with van der Waals surface area (Å²) in [5.41, 5.74) is 6.01. The molecule has 2 saturated heterocycles. The van der Waals surface area contributed by atoms with E-state index >= 15 is 0 Å². The number of ether oxygens (including phenoxy) is 1. The van der Waals surface area contributed by atoms with Crippen LogP contribution in [-0.2, 0) is 4.74 Å². The van der Waals surface area contributed by atoms with Gasteiger partial charge in [-0.05, 0) is 6.42 Å². The molecule has 18 heavy (non-hydrogen) atoms. The maximum absolute atomic E-state index is 6.01. The van der Waals surface area contributed by atoms with E-state index in [1.807, 2.05) is 17.8 Å². The Kier molecular flexibility index (Phi) is 7.40. The van der Waals surface area contributed by atoms with E-state index < -0.39 is 0 Å². The minimum Gasteiger partial charge on any atom is -0.374 e. The monoisotopic (exact) mass is 383 g/mol. The fraction of sp³-hybridized carbons (Fsp3) is 0.750. The van der Waals surface area contributed by atoms with Gasteiger partial charge in [-0.2, -0.15) is 11.8 Å². The van der Waals surface area contributed by atoms with Crippen molar-refractivity contribution in [2.45, 2.75) is 12.5 Å². The van der Waals surface area contributed by atoms with Crippen LogP contribution in [0.3, 0.4) is 0 Å². The highest BCUT2D eigenvalue weighted by Gasteiger charge is 2.25. The molecule has 0 aromatic rings. The highest BCUT2D eigenvalue weighted by atomic mass is 127. The van der Waals surface area contributed by atoms with Crippen molar-refractivity contribution < 1.29 is 4.74 Å². The van der Waals surface area contributed by atoms with Crippen molar-refractivity contribution in [3.63, 3.8) is 0 Å². The van der Waals surface area contributed by atoms with Crippen LogP contribution in [0.2, 0.25) is 0 Å². The number of halogens is 1. The van der Waals surface area contributed by atoms with Crippen molar-refractivity contribution in [3.05, 3.63) is 12.7 Å². The Hall–Kier alpha value is 0.0500. The Morgan fingerprint density at radius 3 is 2.89 bits per heavy atom. The topological polar surface area (TPSA) is 50.9 Å². The Morgan fingerprint density at radius 1 is 1.50 bits per heavy atom. The van der Waals surface area contributed by atoms with Gasteiger partial charge in [0.25, 0.3) is 0 Å². The van der Waals surface area contributed by atoms with Crippen LogP contribution >= 0.6 is 35.7 Å². The Balaban J connectivity index is 0.00000162. The molecule has 4 nitrogen and oxygen atoms in total. The Bertz CT molecular complexity index is 295. The van der Waals surface area contributed by atoms with E-state index in [1.165, 1.54) is 0 Å². The normalized spacial score (nSPS) is 28.9. The van der Waals surface area contributed by atoms with Gasteiger partial charge in [0.15, 0.2) is 5.96 Å². The van der Waals surface area contributed by atoms with Gasteiger partial charge in [0, 0.05) is 43.7 Å². The van der Waals surface area contributed by atoms with Crippen molar-refractivity contribution in [2.75, 3.05) is 37.7 Å². The summed E-state index contributed by atoms with van der Waals surface area (Å²) < 4.78 is 5.55. The van der Waals surface area contributed by atoms with E-state index in [9.17, 15) is 0 Å². The van der Waals surface area contributed by atoms with E-state index in [0.717, 1.165) is 44.2 Å². The van der Waals surface area contributed by atoms with Crippen molar-refractivity contribution in [3.8, 4) is 0 Å². The van der Waals surface area contributed by atoms with Crippen LogP contribution in [0.4, 0.5) is 0 Å². The lowest BCUT2D eigenvalue weighted by Gasteiger charge is -2.27. The smallest absolute Gasteiger partial charge is 0.191 e. The Labute approximate surface area is 130 Å². The second kappa shape index (κ2) is 8.27. The average Bonchev–Trinajstić information content (AvgIpc) is 2.84. The zero-order valence-electron chi connectivity index (χ0n) is 10.6. The SMILES string of the molecule is C=C[C@@H]1OCC[C@H]1CN=C(N)N1CCSCC1.I. The summed E-state index contributed by atoms with van der Waals surface area (Å²) >= 11 is 1.98. The lowest BCUT2D eigenvalue weighted by Crippen LogP contribution is -2.43. The number of hydrogen-bond donors (Lipinski definition) is 1. The summed E-state index contributed by atoms with van der Waals surface area (Å²) in [6.07, 6.45) is 3.09. The average molecular weight is 383 g/mol. The fourth-order valence-electron chi connectivity index (χ4n) is 2.21. The zero-order chi connectivity index (χ0) is 12.1. The van der Waals surface area contributed by atoms with Gasteiger partial charge < -0.3 is 15.4 Å². The number of nitrogens with zero attached hydrogens (tertiary/aromatic N) is 2. The van der Waals surface area contributed by atoms with Gasteiger partial charge in [0.1, 0.15) is 0 Å². The summed E-state index contributed by atoms with van der Waals surface area (Å²) in [6, 6.07) is 0. The maximum Gasteiger partial charge on any atom is 0.191 e. The van der Waals surface area contributed by atoms with Gasteiger partial charge in [-0.1, -0.05) is 6.08 Å². The fourth-order valence-corrected chi connectivity index (χ4v) is 3.12. The molecular formula is C12H22IN3OS. The number of nitrogens with two attached hydrogens (primary N) is 1. The highest BCUT2D eigenvalue weighted by Crippen LogP contribution is 2.21. The van der Waals surface area contributed by atoms with Crippen molar-refractivity contribution >= 4 is 41.7 Å². The quantitative estimate of drug-likeness (QED) is 0.348. The second-order valence-corrected chi connectivity index (χ2v) is 5.64. The first-order valence-corrected chi connectivity index (χ1v) is 7.33. The number of aliphatic imine (C=N–C) groups is 1. The molecule has 0 unspecified atom stereocenters. The van der Waals surface area contributed by atoms with Crippen LogP contribution in [-0.4, -0.2) is 54.7 Å². The molecule has 2 atom stereocenters. The molecule has 6 heteroatoms. The minimum atomic E-state index is 0. The summed E-state index contributed by atoms with van der Waals surface area (Å²) in [4.78, 5) is 6.69. The van der Waals surface area contributed by atoms with Gasteiger partial charge in [-0.3, -0.25) is 4.99 Å². The molecule has 0 aliphatic carbocycles. The molecule has 0 radical (unpaired) electrons. The predicted molar refractivity (Wildman–Crippen MR) is 88.8 cm³/mol. The molecular weight excluding hydrogens is 361 g/mol. The largest absolute Gasteiger partial charge is 0.374 e. The van der Waals surface area contributed by atoms with E-state index in [2.05, 4.69) is 16.5 Å². The van der Waals surface area contributed by atoms with Gasteiger partial charge in [-0.15, -0.1) is 30.6 Å². The predicted octanol–water partition coefficient (Wildman–Crippen LogP) is 1.56. The third-order valence-corrected chi connectivity index (χ3v) is 4.26. The van der Waals surface area contributed by atoms with Crippen LogP contribution in [0.15, 0.2) is 17.6 Å². The lowest BCUT2D eigenvalue weighted by molar-refractivity contribution is 0.129. The van der Waals surface area contributed by atoms with Gasteiger partial charge in [-0.25, -0.2) is 0 Å². The molecule has 0 saturated carbocycles. The van der Waals surface area contributed by atoms with Gasteiger partial charge in [0.2, 0.25) is 0 Å². The molecule has 2 heterocycles. The highest BCUT2D eigenvalue weighted by molar-refractivity contribution is 14.0. The third-order valence-electron chi connectivity index (χ3n) is 3.32. The molecule has 2 N–H and O–H groups in total. The number of rotatable bonds is 3. The summed E-state index contributed by atoms with van der Waals surface area (Å²) in [5, 5.41) is 0. The molecule has 0 bridgehead atoms. The van der Waals surface area contributed by atoms with E-state index in [4.69, 9.17) is 10.5 Å². The molecule has 2 rings (SSSR count). The van der Waals surface area contributed by atoms with Crippen LogP contribution in [0, 0.1) is 5.92 Å². The molecule has 104 valence electrons. The van der Waals surface area contributed by atoms with E-state index in [1.54, 1.807) is 0 Å². The van der Waals surface area contributed by atoms with E-state index in [-0.39, 0.29) is 30.1 Å². The molecule has 0 aromatic carbocycles. The standard InChI is InChI=1S/C12H21N3OS.HI/c1-2-11-10(3-6-16-11)9-14-12(13)15-4-7-17-8-5-15;/h2,10-11H,1,3-9H2,(H2,13,14);1H/t10-,11-;/m0./s1. The lowest BCUT2D eigenvalue weighted by atomic mass is 10.0. The van der Waals surface area contributed by atoms with Crippen molar-refractivity contribution in [1.29, 1.82) is 0 Å². The zero-order valence-corrected chi connectivity index (χ0v) is 13.7. The van der Waals surface area contributed by atoms with Crippen LogP contribution < -0.4 is 5.73 Å². The minimum absolute atomic E-state index is 0. The number of hydrogen-bond acceptors (Lipinski definition) is 3. The first kappa shape index (κ1) is 16.1. The number of thioether (sulfide) groups is 1. The Morgan fingerprint density at radius 2 is 2.22 bits per heavy atom. The molecule has 2 aliphatic rings. The maximum atomic E-state index is 6.01. The summed E-state index contributed by atoms with van der Waals surface area (Å²) in [7, 11) is 0. The van der Waals surface area contributed by atoms with Crippen LogP contribution in [0.1, 0.15) is 6.42 Å². The summed E-state index contributed by atoms with van der Waals surface area (Å²) in [6.45, 7) is 7.40. The molecule has 0 aromatic heterocycles. The van der Waals surface area contributed by atoms with E-state index in [0.29, 0.717) is 11.9 Å². The third kappa shape index (κ3) is 4.31. The first-order chi connectivity index (χ1) is 8.31. The molecule has 2 fully saturated rings. The molecule has 0 spiro atoms.